The molecule has 3 nitrogen and oxygen atoms in total. The van der Waals surface area contributed by atoms with Gasteiger partial charge in [-0.15, -0.1) is 11.8 Å². The molecule has 4 heteroatoms. The van der Waals surface area contributed by atoms with Crippen molar-refractivity contribution < 1.29 is 9.90 Å². The number of nitrogens with zero attached hydrogens (tertiary/aromatic N) is 1. The summed E-state index contributed by atoms with van der Waals surface area (Å²) in [5.41, 5.74) is 1.14. The highest BCUT2D eigenvalue weighted by Crippen LogP contribution is 2.18. The van der Waals surface area contributed by atoms with E-state index in [9.17, 15) is 4.79 Å². The zero-order valence-corrected chi connectivity index (χ0v) is 10.5. The van der Waals surface area contributed by atoms with E-state index in [1.54, 1.807) is 16.7 Å². The molecule has 0 amide bonds. The number of aliphatic carboxylic acids is 1. The summed E-state index contributed by atoms with van der Waals surface area (Å²) in [6, 6.07) is 8.27. The Morgan fingerprint density at radius 1 is 1.38 bits per heavy atom. The van der Waals surface area contributed by atoms with Crippen molar-refractivity contribution in [2.45, 2.75) is 18.4 Å². The molecule has 0 heterocycles. The summed E-state index contributed by atoms with van der Waals surface area (Å²) < 4.78 is 0. The van der Waals surface area contributed by atoms with Crippen LogP contribution in [0.2, 0.25) is 0 Å². The van der Waals surface area contributed by atoms with Crippen molar-refractivity contribution in [2.75, 3.05) is 19.3 Å². The Labute approximate surface area is 100 Å². The minimum Gasteiger partial charge on any atom is -0.480 e. The van der Waals surface area contributed by atoms with Gasteiger partial charge in [-0.3, -0.25) is 9.69 Å². The third-order valence-electron chi connectivity index (χ3n) is 2.09. The van der Waals surface area contributed by atoms with Gasteiger partial charge < -0.3 is 5.11 Å². The van der Waals surface area contributed by atoms with Gasteiger partial charge in [0.05, 0.1) is 6.54 Å². The quantitative estimate of drug-likeness (QED) is 0.773. The molecule has 88 valence electrons. The van der Waals surface area contributed by atoms with E-state index in [0.717, 1.165) is 11.3 Å². The highest BCUT2D eigenvalue weighted by atomic mass is 32.2. The zero-order chi connectivity index (χ0) is 12.0. The monoisotopic (exact) mass is 239 g/mol. The van der Waals surface area contributed by atoms with E-state index < -0.39 is 5.97 Å². The molecule has 0 saturated carbocycles. The van der Waals surface area contributed by atoms with Crippen LogP contribution in [0.3, 0.4) is 0 Å². The number of benzene rings is 1. The topological polar surface area (TPSA) is 40.5 Å². The van der Waals surface area contributed by atoms with E-state index in [2.05, 4.69) is 31.2 Å². The molecule has 0 atom stereocenters. The summed E-state index contributed by atoms with van der Waals surface area (Å²) >= 11 is 1.81. The molecule has 0 aliphatic carbocycles. The Kier molecular flexibility index (Phi) is 5.35. The van der Waals surface area contributed by atoms with Crippen LogP contribution >= 0.6 is 11.8 Å². The predicted octanol–water partition coefficient (Wildman–Crippen LogP) is 2.32. The van der Waals surface area contributed by atoms with E-state index in [-0.39, 0.29) is 6.54 Å². The summed E-state index contributed by atoms with van der Waals surface area (Å²) in [6.07, 6.45) is 0. The number of carbonyl (C=O) groups is 1. The average Bonchev–Trinajstić information content (AvgIpc) is 2.20. The van der Waals surface area contributed by atoms with Gasteiger partial charge in [-0.2, -0.15) is 0 Å². The molecule has 1 aromatic rings. The summed E-state index contributed by atoms with van der Waals surface area (Å²) in [7, 11) is 1.81. The molecule has 1 N–H and O–H groups in total. The van der Waals surface area contributed by atoms with Crippen molar-refractivity contribution in [2.24, 2.45) is 0 Å². The van der Waals surface area contributed by atoms with Gasteiger partial charge in [-0.1, -0.05) is 19.1 Å². The van der Waals surface area contributed by atoms with Crippen molar-refractivity contribution in [3.8, 4) is 0 Å². The first-order valence-corrected chi connectivity index (χ1v) is 6.22. The normalized spacial score (nSPS) is 10.7. The fourth-order valence-corrected chi connectivity index (χ4v) is 2.12. The van der Waals surface area contributed by atoms with Crippen LogP contribution in [0, 0.1) is 0 Å². The minimum atomic E-state index is -0.791. The number of carboxylic acid groups (broad SMARTS) is 1. The number of thioether (sulfide) groups is 1. The molecule has 0 fully saturated rings. The Balaban J connectivity index is 2.51. The van der Waals surface area contributed by atoms with Crippen molar-refractivity contribution >= 4 is 17.7 Å². The summed E-state index contributed by atoms with van der Waals surface area (Å²) in [5, 5.41) is 8.63. The van der Waals surface area contributed by atoms with Crippen LogP contribution in [0.5, 0.6) is 0 Å². The van der Waals surface area contributed by atoms with Crippen LogP contribution < -0.4 is 0 Å². The molecular formula is C12H17NO2S. The number of likely N-dealkylation sites (N-methyl/N-ethyl adjacent to an activating group) is 1. The Hall–Kier alpha value is -1.00. The molecule has 0 spiro atoms. The lowest BCUT2D eigenvalue weighted by Gasteiger charge is -2.13. The smallest absolute Gasteiger partial charge is 0.317 e. The SMILES string of the molecule is CCSc1ccc(CN(C)CC(=O)O)cc1. The lowest BCUT2D eigenvalue weighted by Crippen LogP contribution is -2.25. The highest BCUT2D eigenvalue weighted by Gasteiger charge is 2.04. The molecule has 0 aliphatic rings. The Morgan fingerprint density at radius 3 is 2.50 bits per heavy atom. The molecule has 1 rings (SSSR count). The molecule has 0 saturated heterocycles. The largest absolute Gasteiger partial charge is 0.480 e. The lowest BCUT2D eigenvalue weighted by atomic mass is 10.2. The van der Waals surface area contributed by atoms with Gasteiger partial charge in [0.15, 0.2) is 0 Å². The predicted molar refractivity (Wildman–Crippen MR) is 66.8 cm³/mol. The fourth-order valence-electron chi connectivity index (χ4n) is 1.46. The maximum Gasteiger partial charge on any atom is 0.317 e. The third-order valence-corrected chi connectivity index (χ3v) is 2.99. The second-order valence-corrected chi connectivity index (χ2v) is 4.98. The van der Waals surface area contributed by atoms with Gasteiger partial charge in [0.2, 0.25) is 0 Å². The summed E-state index contributed by atoms with van der Waals surface area (Å²) in [6.45, 7) is 2.87. The molecule has 0 aliphatic heterocycles. The summed E-state index contributed by atoms with van der Waals surface area (Å²) in [5.74, 6) is 0.277. The first-order chi connectivity index (χ1) is 7.61. The molecule has 0 bridgehead atoms. The van der Waals surface area contributed by atoms with E-state index in [1.807, 2.05) is 7.05 Å². The highest BCUT2D eigenvalue weighted by molar-refractivity contribution is 7.99. The molecule has 0 unspecified atom stereocenters. The molecule has 1 aromatic carbocycles. The van der Waals surface area contributed by atoms with Crippen molar-refractivity contribution in [1.82, 2.24) is 4.90 Å². The third kappa shape index (κ3) is 4.68. The molecule has 16 heavy (non-hydrogen) atoms. The minimum absolute atomic E-state index is 0.0749. The number of hydrogen-bond acceptors (Lipinski definition) is 3. The first-order valence-electron chi connectivity index (χ1n) is 5.24. The maximum atomic E-state index is 10.5. The van der Waals surface area contributed by atoms with Crippen LogP contribution in [0.15, 0.2) is 29.2 Å². The van der Waals surface area contributed by atoms with Crippen LogP contribution in [-0.4, -0.2) is 35.3 Å². The standard InChI is InChI=1S/C12H17NO2S/c1-3-16-11-6-4-10(5-7-11)8-13(2)9-12(14)15/h4-7H,3,8-9H2,1-2H3,(H,14,15). The molecule has 0 radical (unpaired) electrons. The van der Waals surface area contributed by atoms with Gasteiger partial charge in [0.1, 0.15) is 0 Å². The second kappa shape index (κ2) is 6.55. The zero-order valence-electron chi connectivity index (χ0n) is 9.64. The van der Waals surface area contributed by atoms with Gasteiger partial charge >= 0.3 is 5.97 Å². The van der Waals surface area contributed by atoms with Gasteiger partial charge in [0.25, 0.3) is 0 Å². The van der Waals surface area contributed by atoms with E-state index in [4.69, 9.17) is 5.11 Å². The van der Waals surface area contributed by atoms with E-state index in [1.165, 1.54) is 4.90 Å². The van der Waals surface area contributed by atoms with Crippen LogP contribution in [-0.2, 0) is 11.3 Å². The Bertz CT molecular complexity index is 337. The van der Waals surface area contributed by atoms with E-state index in [0.29, 0.717) is 6.54 Å². The summed E-state index contributed by atoms with van der Waals surface area (Å²) in [4.78, 5) is 13.5. The van der Waals surface area contributed by atoms with Gasteiger partial charge in [-0.25, -0.2) is 0 Å². The number of carboxylic acids is 1. The molecular weight excluding hydrogens is 222 g/mol. The number of hydrogen-bond donors (Lipinski definition) is 1. The van der Waals surface area contributed by atoms with Gasteiger partial charge in [-0.05, 0) is 30.5 Å². The van der Waals surface area contributed by atoms with E-state index >= 15 is 0 Å². The van der Waals surface area contributed by atoms with Gasteiger partial charge in [0, 0.05) is 11.4 Å². The number of rotatable bonds is 6. The maximum absolute atomic E-state index is 10.5. The Morgan fingerprint density at radius 2 is 2.00 bits per heavy atom. The lowest BCUT2D eigenvalue weighted by molar-refractivity contribution is -0.138. The van der Waals surface area contributed by atoms with Crippen molar-refractivity contribution in [3.63, 3.8) is 0 Å². The van der Waals surface area contributed by atoms with Crippen molar-refractivity contribution in [3.05, 3.63) is 29.8 Å². The first kappa shape index (κ1) is 13.1. The van der Waals surface area contributed by atoms with Crippen LogP contribution in [0.1, 0.15) is 12.5 Å². The van der Waals surface area contributed by atoms with Crippen LogP contribution in [0.25, 0.3) is 0 Å². The van der Waals surface area contributed by atoms with Crippen molar-refractivity contribution in [1.29, 1.82) is 0 Å². The fraction of sp³-hybridized carbons (Fsp3) is 0.417. The average molecular weight is 239 g/mol. The van der Waals surface area contributed by atoms with Crippen LogP contribution in [0.4, 0.5) is 0 Å². The second-order valence-electron chi connectivity index (χ2n) is 3.64. The molecule has 0 aromatic heterocycles.